The number of rotatable bonds is 8. The molecule has 2 aromatic carbocycles. The quantitative estimate of drug-likeness (QED) is 0.328. The van der Waals surface area contributed by atoms with Crippen LogP contribution in [0.15, 0.2) is 59.8 Å². The third kappa shape index (κ3) is 4.54. The standard InChI is InChI=1S/C21H22N2O4S/c1-3-26-19(24)18(20(25)27-4-2)28-21-22-16-12-8-9-13-17(16)23(21)14-15-10-6-5-7-11-15/h5-13,18H,3-4,14H2,1-2H3. The minimum atomic E-state index is -1.12. The van der Waals surface area contributed by atoms with Crippen molar-refractivity contribution >= 4 is 34.7 Å². The highest BCUT2D eigenvalue weighted by atomic mass is 32.2. The number of benzene rings is 2. The summed E-state index contributed by atoms with van der Waals surface area (Å²) in [6, 6.07) is 17.7. The Balaban J connectivity index is 1.99. The molecule has 3 aromatic rings. The van der Waals surface area contributed by atoms with Gasteiger partial charge in [0.15, 0.2) is 5.16 Å². The van der Waals surface area contributed by atoms with Crippen LogP contribution < -0.4 is 0 Å². The van der Waals surface area contributed by atoms with Gasteiger partial charge in [0.2, 0.25) is 5.25 Å². The number of aromatic nitrogens is 2. The van der Waals surface area contributed by atoms with Gasteiger partial charge in [-0.3, -0.25) is 9.59 Å². The maximum absolute atomic E-state index is 12.4. The molecule has 1 aromatic heterocycles. The SMILES string of the molecule is CCOC(=O)C(Sc1nc2ccccc2n1Cc1ccccc1)C(=O)OCC. The summed E-state index contributed by atoms with van der Waals surface area (Å²) in [5.74, 6) is -1.24. The first-order chi connectivity index (χ1) is 13.6. The second kappa shape index (κ2) is 9.41. The van der Waals surface area contributed by atoms with Gasteiger partial charge in [-0.05, 0) is 31.5 Å². The van der Waals surface area contributed by atoms with Crippen molar-refractivity contribution in [2.24, 2.45) is 0 Å². The van der Waals surface area contributed by atoms with E-state index in [0.29, 0.717) is 11.7 Å². The average molecular weight is 398 g/mol. The molecule has 0 fully saturated rings. The van der Waals surface area contributed by atoms with Gasteiger partial charge in [-0.2, -0.15) is 0 Å². The van der Waals surface area contributed by atoms with Gasteiger partial charge in [-0.1, -0.05) is 54.2 Å². The molecule has 0 radical (unpaired) electrons. The van der Waals surface area contributed by atoms with Crippen LogP contribution in [0.4, 0.5) is 0 Å². The van der Waals surface area contributed by atoms with Gasteiger partial charge in [0.25, 0.3) is 0 Å². The summed E-state index contributed by atoms with van der Waals surface area (Å²) in [6.07, 6.45) is 0. The van der Waals surface area contributed by atoms with Crippen molar-refractivity contribution in [1.29, 1.82) is 0 Å². The summed E-state index contributed by atoms with van der Waals surface area (Å²) in [5, 5.41) is -0.553. The molecule has 0 amide bonds. The van der Waals surface area contributed by atoms with Crippen molar-refractivity contribution in [3.8, 4) is 0 Å². The largest absolute Gasteiger partial charge is 0.465 e. The van der Waals surface area contributed by atoms with E-state index in [1.165, 1.54) is 0 Å². The van der Waals surface area contributed by atoms with E-state index in [0.717, 1.165) is 28.4 Å². The fourth-order valence-corrected chi connectivity index (χ4v) is 3.78. The van der Waals surface area contributed by atoms with Crippen molar-refractivity contribution in [2.45, 2.75) is 30.8 Å². The van der Waals surface area contributed by atoms with Crippen LogP contribution in [0, 0.1) is 0 Å². The Labute approximate surface area is 167 Å². The number of carbonyl (C=O) groups excluding carboxylic acids is 2. The van der Waals surface area contributed by atoms with Gasteiger partial charge >= 0.3 is 11.9 Å². The van der Waals surface area contributed by atoms with Crippen LogP contribution in [0.25, 0.3) is 11.0 Å². The minimum Gasteiger partial charge on any atom is -0.465 e. The number of thioether (sulfide) groups is 1. The highest BCUT2D eigenvalue weighted by Gasteiger charge is 2.33. The van der Waals surface area contributed by atoms with E-state index in [4.69, 9.17) is 9.47 Å². The zero-order chi connectivity index (χ0) is 19.9. The number of ether oxygens (including phenoxy) is 2. The predicted molar refractivity (Wildman–Crippen MR) is 108 cm³/mol. The predicted octanol–water partition coefficient (Wildman–Crippen LogP) is 3.67. The molecule has 146 valence electrons. The maximum Gasteiger partial charge on any atom is 0.331 e. The topological polar surface area (TPSA) is 70.4 Å². The Bertz CT molecular complexity index is 937. The van der Waals surface area contributed by atoms with Crippen LogP contribution in [-0.2, 0) is 25.6 Å². The van der Waals surface area contributed by atoms with Crippen LogP contribution >= 0.6 is 11.8 Å². The normalized spacial score (nSPS) is 11.0. The van der Waals surface area contributed by atoms with E-state index in [-0.39, 0.29) is 13.2 Å². The fourth-order valence-electron chi connectivity index (χ4n) is 2.80. The highest BCUT2D eigenvalue weighted by Crippen LogP contribution is 2.29. The highest BCUT2D eigenvalue weighted by molar-refractivity contribution is 8.01. The van der Waals surface area contributed by atoms with Gasteiger partial charge in [0.1, 0.15) is 0 Å². The lowest BCUT2D eigenvalue weighted by atomic mass is 10.2. The Hall–Kier alpha value is -2.80. The molecule has 0 aliphatic heterocycles. The number of imidazole rings is 1. The van der Waals surface area contributed by atoms with Crippen molar-refractivity contribution in [3.63, 3.8) is 0 Å². The van der Waals surface area contributed by atoms with Crippen LogP contribution in [0.3, 0.4) is 0 Å². The van der Waals surface area contributed by atoms with Crippen LogP contribution in [-0.4, -0.2) is 40.0 Å². The Morgan fingerprint density at radius 2 is 1.57 bits per heavy atom. The zero-order valence-corrected chi connectivity index (χ0v) is 16.6. The van der Waals surface area contributed by atoms with Crippen molar-refractivity contribution in [3.05, 3.63) is 60.2 Å². The zero-order valence-electron chi connectivity index (χ0n) is 15.8. The molecule has 0 atom stereocenters. The van der Waals surface area contributed by atoms with E-state index in [1.54, 1.807) is 13.8 Å². The first-order valence-corrected chi connectivity index (χ1v) is 10.0. The van der Waals surface area contributed by atoms with Gasteiger partial charge in [-0.25, -0.2) is 4.98 Å². The number of nitrogens with zero attached hydrogens (tertiary/aromatic N) is 2. The molecule has 0 spiro atoms. The molecule has 0 unspecified atom stereocenters. The molecule has 6 nitrogen and oxygen atoms in total. The molecule has 0 bridgehead atoms. The van der Waals surface area contributed by atoms with Crippen LogP contribution in [0.2, 0.25) is 0 Å². The van der Waals surface area contributed by atoms with Gasteiger partial charge in [0.05, 0.1) is 30.8 Å². The van der Waals surface area contributed by atoms with Crippen molar-refractivity contribution < 1.29 is 19.1 Å². The van der Waals surface area contributed by atoms with E-state index < -0.39 is 17.2 Å². The van der Waals surface area contributed by atoms with Crippen LogP contribution in [0.5, 0.6) is 0 Å². The number of fused-ring (bicyclic) bond motifs is 1. The maximum atomic E-state index is 12.4. The summed E-state index contributed by atoms with van der Waals surface area (Å²) in [4.78, 5) is 29.4. The fraction of sp³-hybridized carbons (Fsp3) is 0.286. The molecule has 0 aliphatic carbocycles. The lowest BCUT2D eigenvalue weighted by molar-refractivity contribution is -0.152. The molecular weight excluding hydrogens is 376 g/mol. The molecule has 0 aliphatic rings. The number of esters is 2. The van der Waals surface area contributed by atoms with Gasteiger partial charge < -0.3 is 14.0 Å². The van der Waals surface area contributed by atoms with E-state index in [2.05, 4.69) is 4.98 Å². The number of hydrogen-bond donors (Lipinski definition) is 0. The molecule has 28 heavy (non-hydrogen) atoms. The van der Waals surface area contributed by atoms with Gasteiger partial charge in [-0.15, -0.1) is 0 Å². The monoisotopic (exact) mass is 398 g/mol. The Kier molecular flexibility index (Phi) is 6.71. The Morgan fingerprint density at radius 1 is 0.964 bits per heavy atom. The molecule has 1 heterocycles. The Morgan fingerprint density at radius 3 is 2.21 bits per heavy atom. The number of para-hydroxylation sites is 2. The minimum absolute atomic E-state index is 0.190. The summed E-state index contributed by atoms with van der Waals surface area (Å²) in [6.45, 7) is 4.36. The molecule has 7 heteroatoms. The van der Waals surface area contributed by atoms with E-state index >= 15 is 0 Å². The number of hydrogen-bond acceptors (Lipinski definition) is 6. The number of carbonyl (C=O) groups is 2. The first kappa shape index (κ1) is 19.9. The van der Waals surface area contributed by atoms with E-state index in [1.807, 2.05) is 59.2 Å². The summed E-state index contributed by atoms with van der Waals surface area (Å²) in [5.41, 5.74) is 2.82. The summed E-state index contributed by atoms with van der Waals surface area (Å²) >= 11 is 1.06. The second-order valence-electron chi connectivity index (χ2n) is 5.96. The summed E-state index contributed by atoms with van der Waals surface area (Å²) in [7, 11) is 0. The molecule has 0 N–H and O–H groups in total. The third-order valence-corrected chi connectivity index (χ3v) is 5.17. The van der Waals surface area contributed by atoms with Crippen molar-refractivity contribution in [2.75, 3.05) is 13.2 Å². The molecule has 0 saturated carbocycles. The lowest BCUT2D eigenvalue weighted by Crippen LogP contribution is -2.31. The molecule has 0 saturated heterocycles. The third-order valence-electron chi connectivity index (χ3n) is 4.03. The van der Waals surface area contributed by atoms with Gasteiger partial charge in [0, 0.05) is 0 Å². The first-order valence-electron chi connectivity index (χ1n) is 9.13. The second-order valence-corrected chi connectivity index (χ2v) is 7.03. The summed E-state index contributed by atoms with van der Waals surface area (Å²) < 4.78 is 12.2. The van der Waals surface area contributed by atoms with Crippen molar-refractivity contribution in [1.82, 2.24) is 9.55 Å². The van der Waals surface area contributed by atoms with E-state index in [9.17, 15) is 9.59 Å². The molecular formula is C21H22N2O4S. The molecule has 3 rings (SSSR count). The van der Waals surface area contributed by atoms with Crippen LogP contribution in [0.1, 0.15) is 19.4 Å². The average Bonchev–Trinajstić information content (AvgIpc) is 3.04. The lowest BCUT2D eigenvalue weighted by Gasteiger charge is -2.15. The smallest absolute Gasteiger partial charge is 0.331 e.